The first-order valence-electron chi connectivity index (χ1n) is 8.08. The number of carbonyl (C=O) groups excluding carboxylic acids is 1. The summed E-state index contributed by atoms with van der Waals surface area (Å²) in [5, 5.41) is 3.12. The minimum absolute atomic E-state index is 0. The first kappa shape index (κ1) is 20.3. The van der Waals surface area contributed by atoms with Gasteiger partial charge in [-0.15, -0.1) is 24.8 Å². The third-order valence-electron chi connectivity index (χ3n) is 4.82. The van der Waals surface area contributed by atoms with Crippen molar-refractivity contribution in [3.63, 3.8) is 0 Å². The number of nitrogens with zero attached hydrogens (tertiary/aromatic N) is 1. The van der Waals surface area contributed by atoms with Crippen molar-refractivity contribution in [2.45, 2.75) is 57.2 Å². The van der Waals surface area contributed by atoms with Gasteiger partial charge in [0.2, 0.25) is 0 Å². The molecule has 0 unspecified atom stereocenters. The molecule has 3 rings (SSSR count). The van der Waals surface area contributed by atoms with Gasteiger partial charge >= 0.3 is 0 Å². The minimum atomic E-state index is -0.0437. The molecule has 5 nitrogen and oxygen atoms in total. The summed E-state index contributed by atoms with van der Waals surface area (Å²) in [5.41, 5.74) is 6.07. The maximum Gasteiger partial charge on any atom is 0.254 e. The first-order valence-corrected chi connectivity index (χ1v) is 8.08. The Morgan fingerprint density at radius 2 is 1.87 bits per heavy atom. The third kappa shape index (κ3) is 5.11. The van der Waals surface area contributed by atoms with Crippen LogP contribution in [-0.4, -0.2) is 36.0 Å². The van der Waals surface area contributed by atoms with Gasteiger partial charge in [0.05, 0.1) is 12.1 Å². The van der Waals surface area contributed by atoms with Gasteiger partial charge in [0.15, 0.2) is 0 Å². The topological polar surface area (TPSA) is 71.5 Å². The Morgan fingerprint density at radius 3 is 2.43 bits per heavy atom. The number of furan rings is 1. The number of nitrogens with two attached hydrogens (primary N) is 1. The zero-order valence-corrected chi connectivity index (χ0v) is 15.0. The molecule has 2 heterocycles. The molecule has 7 heteroatoms. The predicted octanol–water partition coefficient (Wildman–Crippen LogP) is 2.72. The van der Waals surface area contributed by atoms with Gasteiger partial charge in [0.25, 0.3) is 5.91 Å². The van der Waals surface area contributed by atoms with E-state index in [4.69, 9.17) is 10.2 Å². The van der Waals surface area contributed by atoms with Crippen molar-refractivity contribution in [3.8, 4) is 0 Å². The van der Waals surface area contributed by atoms with Crippen molar-refractivity contribution in [1.29, 1.82) is 0 Å². The summed E-state index contributed by atoms with van der Waals surface area (Å²) in [4.78, 5) is 14.8. The van der Waals surface area contributed by atoms with Crippen LogP contribution in [0.2, 0.25) is 0 Å². The van der Waals surface area contributed by atoms with E-state index in [0.29, 0.717) is 17.9 Å². The van der Waals surface area contributed by atoms with Crippen LogP contribution in [0.4, 0.5) is 0 Å². The van der Waals surface area contributed by atoms with Crippen molar-refractivity contribution in [1.82, 2.24) is 10.2 Å². The summed E-state index contributed by atoms with van der Waals surface area (Å²) in [6, 6.07) is 2.80. The van der Waals surface area contributed by atoms with Crippen LogP contribution >= 0.6 is 24.8 Å². The molecule has 0 bridgehead atoms. The van der Waals surface area contributed by atoms with Gasteiger partial charge < -0.3 is 20.4 Å². The largest absolute Gasteiger partial charge is 0.467 e. The number of likely N-dealkylation sites (tertiary alicyclic amines) is 1. The molecule has 1 aliphatic heterocycles. The minimum Gasteiger partial charge on any atom is -0.467 e. The number of hydrogen-bond donors (Lipinski definition) is 2. The zero-order chi connectivity index (χ0) is 14.7. The number of carbonyl (C=O) groups is 1. The van der Waals surface area contributed by atoms with Crippen LogP contribution in [0.25, 0.3) is 0 Å². The van der Waals surface area contributed by atoms with E-state index in [1.54, 1.807) is 6.07 Å². The number of amides is 1. The lowest BCUT2D eigenvalue weighted by Gasteiger charge is -2.36. The smallest absolute Gasteiger partial charge is 0.254 e. The number of rotatable bonds is 4. The number of halogens is 2. The van der Waals surface area contributed by atoms with Crippen LogP contribution in [0.1, 0.15) is 54.6 Å². The second-order valence-electron chi connectivity index (χ2n) is 6.23. The Morgan fingerprint density at radius 1 is 1.22 bits per heavy atom. The Kier molecular flexibility index (Phi) is 8.40. The monoisotopic (exact) mass is 363 g/mol. The van der Waals surface area contributed by atoms with E-state index in [1.807, 2.05) is 0 Å². The van der Waals surface area contributed by atoms with Crippen LogP contribution in [0.5, 0.6) is 0 Å². The fourth-order valence-corrected chi connectivity index (χ4v) is 3.55. The molecule has 23 heavy (non-hydrogen) atoms. The van der Waals surface area contributed by atoms with E-state index in [0.717, 1.165) is 32.0 Å². The molecule has 132 valence electrons. The summed E-state index contributed by atoms with van der Waals surface area (Å²) in [5.74, 6) is 0.606. The lowest BCUT2D eigenvalue weighted by Crippen LogP contribution is -2.47. The molecule has 0 aromatic carbocycles. The quantitative estimate of drug-likeness (QED) is 0.862. The summed E-state index contributed by atoms with van der Waals surface area (Å²) in [6.45, 7) is 2.54. The molecule has 1 saturated heterocycles. The number of hydrogen-bond acceptors (Lipinski definition) is 4. The highest BCUT2D eigenvalue weighted by atomic mass is 35.5. The normalized spacial score (nSPS) is 19.9. The molecule has 1 aromatic rings. The van der Waals surface area contributed by atoms with Crippen LogP contribution in [0.15, 0.2) is 16.7 Å². The molecule has 0 spiro atoms. The lowest BCUT2D eigenvalue weighted by molar-refractivity contribution is 0.0892. The van der Waals surface area contributed by atoms with Gasteiger partial charge in [0.1, 0.15) is 12.0 Å². The standard InChI is InChI=1S/C16H25N3O2.2ClH/c17-10-15-9-12(11-21-15)16(20)18-13-5-7-19(8-6-13)14-3-1-2-4-14;;/h9,11,13-14H,1-8,10,17H2,(H,18,20);2*1H. The molecule has 2 fully saturated rings. The average molecular weight is 364 g/mol. The van der Waals surface area contributed by atoms with Crippen LogP contribution in [-0.2, 0) is 6.54 Å². The molecule has 3 N–H and O–H groups in total. The maximum absolute atomic E-state index is 12.2. The van der Waals surface area contributed by atoms with Crippen molar-refractivity contribution < 1.29 is 9.21 Å². The van der Waals surface area contributed by atoms with Gasteiger partial charge in [-0.05, 0) is 31.7 Å². The summed E-state index contributed by atoms with van der Waals surface area (Å²) >= 11 is 0. The second kappa shape index (κ2) is 9.52. The van der Waals surface area contributed by atoms with Crippen molar-refractivity contribution in [3.05, 3.63) is 23.7 Å². The number of nitrogens with one attached hydrogen (secondary N) is 1. The lowest BCUT2D eigenvalue weighted by atomic mass is 10.0. The van der Waals surface area contributed by atoms with E-state index < -0.39 is 0 Å². The molecule has 2 aliphatic rings. The second-order valence-corrected chi connectivity index (χ2v) is 6.23. The highest BCUT2D eigenvalue weighted by molar-refractivity contribution is 5.94. The maximum atomic E-state index is 12.2. The van der Waals surface area contributed by atoms with Gasteiger partial charge in [-0.25, -0.2) is 0 Å². The van der Waals surface area contributed by atoms with E-state index in [1.165, 1.54) is 31.9 Å². The van der Waals surface area contributed by atoms with Crippen LogP contribution in [0.3, 0.4) is 0 Å². The SMILES string of the molecule is Cl.Cl.NCc1cc(C(=O)NC2CCN(C3CCCC3)CC2)co1. The third-order valence-corrected chi connectivity index (χ3v) is 4.82. The Bertz CT molecular complexity index is 481. The molecular weight excluding hydrogens is 337 g/mol. The Balaban J connectivity index is 0.00000132. The van der Waals surface area contributed by atoms with Gasteiger partial charge in [-0.1, -0.05) is 12.8 Å². The summed E-state index contributed by atoms with van der Waals surface area (Å²) < 4.78 is 5.21. The Labute approximate surface area is 150 Å². The van der Waals surface area contributed by atoms with E-state index in [9.17, 15) is 4.79 Å². The number of piperidine rings is 1. The van der Waals surface area contributed by atoms with Gasteiger partial charge in [-0.3, -0.25) is 4.79 Å². The van der Waals surface area contributed by atoms with Crippen LogP contribution in [0, 0.1) is 0 Å². The average Bonchev–Trinajstić information content (AvgIpc) is 3.19. The van der Waals surface area contributed by atoms with Crippen molar-refractivity contribution in [2.24, 2.45) is 5.73 Å². The fourth-order valence-electron chi connectivity index (χ4n) is 3.55. The zero-order valence-electron chi connectivity index (χ0n) is 13.3. The highest BCUT2D eigenvalue weighted by Gasteiger charge is 2.27. The highest BCUT2D eigenvalue weighted by Crippen LogP contribution is 2.26. The van der Waals surface area contributed by atoms with Crippen molar-refractivity contribution >= 4 is 30.7 Å². The van der Waals surface area contributed by atoms with E-state index >= 15 is 0 Å². The van der Waals surface area contributed by atoms with Gasteiger partial charge in [-0.2, -0.15) is 0 Å². The molecule has 0 radical (unpaired) electrons. The predicted molar refractivity (Wildman–Crippen MR) is 95.4 cm³/mol. The molecule has 1 amide bonds. The first-order chi connectivity index (χ1) is 10.3. The van der Waals surface area contributed by atoms with Gasteiger partial charge in [0, 0.05) is 25.2 Å². The van der Waals surface area contributed by atoms with Crippen molar-refractivity contribution in [2.75, 3.05) is 13.1 Å². The molecule has 1 aliphatic carbocycles. The summed E-state index contributed by atoms with van der Waals surface area (Å²) in [6.07, 6.45) is 9.05. The summed E-state index contributed by atoms with van der Waals surface area (Å²) in [7, 11) is 0. The van der Waals surface area contributed by atoms with Crippen LogP contribution < -0.4 is 11.1 Å². The molecule has 1 saturated carbocycles. The molecule has 1 aromatic heterocycles. The molecule has 0 atom stereocenters. The van der Waals surface area contributed by atoms with E-state index in [2.05, 4.69) is 10.2 Å². The van der Waals surface area contributed by atoms with E-state index in [-0.39, 0.29) is 36.8 Å². The fraction of sp³-hybridized carbons (Fsp3) is 0.688. The Hall–Kier alpha value is -0.750. The molecular formula is C16H27Cl2N3O2.